The molecule has 1 fully saturated rings. The average Bonchev–Trinajstić information content (AvgIpc) is 2.83. The molecular weight excluding hydrogens is 404 g/mol. The third-order valence-corrected chi connectivity index (χ3v) is 6.47. The summed E-state index contributed by atoms with van der Waals surface area (Å²) in [6.45, 7) is 5.27. The fourth-order valence-corrected chi connectivity index (χ4v) is 4.44. The molecule has 2 aromatic rings. The molecule has 1 amide bonds. The number of nitrogens with one attached hydrogen (secondary N) is 2. The summed E-state index contributed by atoms with van der Waals surface area (Å²) in [5.74, 6) is 0.500. The van der Waals surface area contributed by atoms with Gasteiger partial charge in [-0.15, -0.1) is 0 Å². The van der Waals surface area contributed by atoms with Gasteiger partial charge in [-0.2, -0.15) is 0 Å². The Bertz CT molecular complexity index is 900. The van der Waals surface area contributed by atoms with Crippen molar-refractivity contribution in [2.24, 2.45) is 0 Å². The predicted molar refractivity (Wildman–Crippen MR) is 125 cm³/mol. The zero-order chi connectivity index (χ0) is 22.3. The lowest BCUT2D eigenvalue weighted by molar-refractivity contribution is 0.0562. The van der Waals surface area contributed by atoms with Gasteiger partial charge < -0.3 is 20.3 Å². The van der Waals surface area contributed by atoms with E-state index in [1.165, 1.54) is 17.5 Å². The Morgan fingerprint density at radius 1 is 1.19 bits per heavy atom. The summed E-state index contributed by atoms with van der Waals surface area (Å²) >= 11 is 0. The van der Waals surface area contributed by atoms with Gasteiger partial charge in [0.05, 0.1) is 6.10 Å². The summed E-state index contributed by atoms with van der Waals surface area (Å²) < 4.78 is 5.65. The molecule has 2 N–H and O–H groups in total. The first kappa shape index (κ1) is 22.6. The molecule has 4 rings (SSSR count). The van der Waals surface area contributed by atoms with E-state index >= 15 is 0 Å². The third kappa shape index (κ3) is 6.03. The Balaban J connectivity index is 1.27. The van der Waals surface area contributed by atoms with Crippen LogP contribution < -0.4 is 10.6 Å². The second-order valence-electron chi connectivity index (χ2n) is 8.83. The number of fused-ring (bicyclic) bond motifs is 1. The molecule has 3 heterocycles. The molecule has 2 aliphatic rings. The first-order chi connectivity index (χ1) is 15.6. The Labute approximate surface area is 190 Å². The van der Waals surface area contributed by atoms with E-state index in [1.54, 1.807) is 13.2 Å². The lowest BCUT2D eigenvalue weighted by atomic mass is 10.00. The van der Waals surface area contributed by atoms with Crippen LogP contribution >= 0.6 is 0 Å². The number of benzene rings is 1. The summed E-state index contributed by atoms with van der Waals surface area (Å²) in [6.07, 6.45) is 4.55. The van der Waals surface area contributed by atoms with Crippen LogP contribution in [0, 0.1) is 0 Å². The maximum Gasteiger partial charge on any atom is 0.270 e. The summed E-state index contributed by atoms with van der Waals surface area (Å²) in [5.41, 5.74) is 3.18. The Morgan fingerprint density at radius 2 is 1.97 bits per heavy atom. The highest BCUT2D eigenvalue weighted by Gasteiger charge is 2.21. The van der Waals surface area contributed by atoms with Crippen LogP contribution in [0.15, 0.2) is 36.7 Å². The maximum absolute atomic E-state index is 12.7. The van der Waals surface area contributed by atoms with Crippen molar-refractivity contribution in [1.29, 1.82) is 0 Å². The molecule has 0 spiro atoms. The van der Waals surface area contributed by atoms with Crippen molar-refractivity contribution >= 4 is 11.7 Å². The molecule has 0 aliphatic carbocycles. The molecule has 8 heteroatoms. The minimum Gasteiger partial charge on any atom is -0.378 e. The SMILES string of the molecule is CO[C@@H](CNC(=O)c1cc(NC2CCN(C)CC2)ncn1)CN1CCc2ccccc2C1. The van der Waals surface area contributed by atoms with Gasteiger partial charge in [-0.1, -0.05) is 24.3 Å². The number of amides is 1. The molecule has 2 aliphatic heterocycles. The normalized spacial score (nSPS) is 18.7. The number of methoxy groups -OCH3 is 1. The van der Waals surface area contributed by atoms with Crippen molar-refractivity contribution in [3.05, 3.63) is 53.5 Å². The van der Waals surface area contributed by atoms with Gasteiger partial charge in [-0.25, -0.2) is 9.97 Å². The van der Waals surface area contributed by atoms with Gasteiger partial charge in [0.25, 0.3) is 5.91 Å². The summed E-state index contributed by atoms with van der Waals surface area (Å²) in [7, 11) is 3.84. The molecule has 32 heavy (non-hydrogen) atoms. The molecule has 1 saturated heterocycles. The van der Waals surface area contributed by atoms with Crippen LogP contribution in [0.25, 0.3) is 0 Å². The van der Waals surface area contributed by atoms with E-state index in [-0.39, 0.29) is 12.0 Å². The fraction of sp³-hybridized carbons (Fsp3) is 0.542. The third-order valence-electron chi connectivity index (χ3n) is 6.47. The van der Waals surface area contributed by atoms with Gasteiger partial charge in [0, 0.05) is 45.4 Å². The monoisotopic (exact) mass is 438 g/mol. The minimum absolute atomic E-state index is 0.0807. The number of ether oxygens (including phenoxy) is 1. The molecule has 1 atom stereocenters. The molecule has 1 aromatic carbocycles. The van der Waals surface area contributed by atoms with Crippen LogP contribution in [0.5, 0.6) is 0 Å². The lowest BCUT2D eigenvalue weighted by Crippen LogP contribution is -2.43. The molecule has 172 valence electrons. The number of aromatic nitrogens is 2. The Kier molecular flexibility index (Phi) is 7.68. The van der Waals surface area contributed by atoms with E-state index < -0.39 is 0 Å². The van der Waals surface area contributed by atoms with Gasteiger partial charge in [0.1, 0.15) is 17.8 Å². The lowest BCUT2D eigenvalue weighted by Gasteiger charge is -2.31. The molecule has 0 bridgehead atoms. The van der Waals surface area contributed by atoms with Gasteiger partial charge in [-0.3, -0.25) is 9.69 Å². The minimum atomic E-state index is -0.204. The Morgan fingerprint density at radius 3 is 2.75 bits per heavy atom. The number of hydrogen-bond donors (Lipinski definition) is 2. The summed E-state index contributed by atoms with van der Waals surface area (Å²) in [5, 5.41) is 6.43. The van der Waals surface area contributed by atoms with Crippen LogP contribution in [0.3, 0.4) is 0 Å². The van der Waals surface area contributed by atoms with Gasteiger partial charge >= 0.3 is 0 Å². The zero-order valence-corrected chi connectivity index (χ0v) is 19.1. The first-order valence-corrected chi connectivity index (χ1v) is 11.5. The summed E-state index contributed by atoms with van der Waals surface area (Å²) in [4.78, 5) is 25.9. The largest absolute Gasteiger partial charge is 0.378 e. The molecule has 0 saturated carbocycles. The predicted octanol–water partition coefficient (Wildman–Crippen LogP) is 1.79. The number of hydrogen-bond acceptors (Lipinski definition) is 7. The van der Waals surface area contributed by atoms with Gasteiger partial charge in [0.15, 0.2) is 0 Å². The average molecular weight is 439 g/mol. The second-order valence-corrected chi connectivity index (χ2v) is 8.83. The number of likely N-dealkylation sites (tertiary alicyclic amines) is 1. The smallest absolute Gasteiger partial charge is 0.270 e. The van der Waals surface area contributed by atoms with Crippen molar-refractivity contribution in [1.82, 2.24) is 25.1 Å². The fourth-order valence-electron chi connectivity index (χ4n) is 4.44. The van der Waals surface area contributed by atoms with Crippen molar-refractivity contribution < 1.29 is 9.53 Å². The van der Waals surface area contributed by atoms with Gasteiger partial charge in [0.2, 0.25) is 0 Å². The van der Waals surface area contributed by atoms with Crippen molar-refractivity contribution in [2.45, 2.75) is 38.0 Å². The molecule has 0 unspecified atom stereocenters. The Hall–Kier alpha value is -2.55. The second kappa shape index (κ2) is 10.8. The number of anilines is 1. The van der Waals surface area contributed by atoms with E-state index in [2.05, 4.69) is 61.7 Å². The van der Waals surface area contributed by atoms with Crippen molar-refractivity contribution in [3.8, 4) is 0 Å². The van der Waals surface area contributed by atoms with Crippen LogP contribution in [0.4, 0.5) is 5.82 Å². The molecule has 8 nitrogen and oxygen atoms in total. The zero-order valence-electron chi connectivity index (χ0n) is 19.1. The maximum atomic E-state index is 12.7. The first-order valence-electron chi connectivity index (χ1n) is 11.5. The van der Waals surface area contributed by atoms with Gasteiger partial charge in [-0.05, 0) is 50.5 Å². The van der Waals surface area contributed by atoms with E-state index in [0.717, 1.165) is 52.0 Å². The molecule has 0 radical (unpaired) electrons. The number of piperidine rings is 1. The highest BCUT2D eigenvalue weighted by atomic mass is 16.5. The topological polar surface area (TPSA) is 82.6 Å². The van der Waals surface area contributed by atoms with Crippen LogP contribution in [0.1, 0.15) is 34.5 Å². The van der Waals surface area contributed by atoms with E-state index in [4.69, 9.17) is 4.74 Å². The summed E-state index contributed by atoms with van der Waals surface area (Å²) in [6, 6.07) is 10.7. The highest BCUT2D eigenvalue weighted by molar-refractivity contribution is 5.92. The van der Waals surface area contributed by atoms with E-state index in [0.29, 0.717) is 24.1 Å². The standard InChI is InChI=1S/C24H34N6O2/c1-29-10-8-20(9-11-29)28-23-13-22(26-17-27-23)24(31)25-14-21(32-2)16-30-12-7-18-5-3-4-6-19(18)15-30/h3-6,13,17,20-21H,7-12,14-16H2,1-2H3,(H,25,31)(H,26,27,28)/t21-/m0/s1. The highest BCUT2D eigenvalue weighted by Crippen LogP contribution is 2.19. The molecular formula is C24H34N6O2. The quantitative estimate of drug-likeness (QED) is 0.650. The van der Waals surface area contributed by atoms with E-state index in [9.17, 15) is 4.79 Å². The van der Waals surface area contributed by atoms with Crippen LogP contribution in [-0.4, -0.2) is 84.7 Å². The van der Waals surface area contributed by atoms with E-state index in [1.807, 2.05) is 0 Å². The van der Waals surface area contributed by atoms with Crippen LogP contribution in [0.2, 0.25) is 0 Å². The molecule has 1 aromatic heterocycles. The number of rotatable bonds is 8. The number of nitrogens with zero attached hydrogens (tertiary/aromatic N) is 4. The van der Waals surface area contributed by atoms with Crippen LogP contribution in [-0.2, 0) is 17.7 Å². The number of carbonyl (C=O) groups is 1. The van der Waals surface area contributed by atoms with Crippen molar-refractivity contribution in [3.63, 3.8) is 0 Å². The number of carbonyl (C=O) groups excluding carboxylic acids is 1. The van der Waals surface area contributed by atoms with Crippen molar-refractivity contribution in [2.75, 3.05) is 52.2 Å².